The van der Waals surface area contributed by atoms with Crippen LogP contribution < -0.4 is 5.32 Å². The number of benzene rings is 1. The van der Waals surface area contributed by atoms with Gasteiger partial charge in [0, 0.05) is 11.0 Å². The maximum Gasteiger partial charge on any atom is 0.255 e. The number of carbonyl (C=O) groups excluding carboxylic acids is 1. The van der Waals surface area contributed by atoms with Gasteiger partial charge < -0.3 is 15.0 Å². The van der Waals surface area contributed by atoms with Crippen LogP contribution >= 0.6 is 15.9 Å². The number of carbonyl (C=O) groups is 1. The average Bonchev–Trinajstić information content (AvgIpc) is 2.45. The number of hydrogen-bond donors (Lipinski definition) is 1. The van der Waals surface area contributed by atoms with Gasteiger partial charge in [-0.1, -0.05) is 12.1 Å². The Kier molecular flexibility index (Phi) is 5.36. The molecule has 0 aromatic heterocycles. The van der Waals surface area contributed by atoms with E-state index in [0.29, 0.717) is 19.8 Å². The zero-order valence-corrected chi connectivity index (χ0v) is 12.6. The van der Waals surface area contributed by atoms with E-state index in [-0.39, 0.29) is 11.9 Å². The molecular weight excluding hydrogens is 308 g/mol. The van der Waals surface area contributed by atoms with Gasteiger partial charge in [-0.2, -0.15) is 0 Å². The summed E-state index contributed by atoms with van der Waals surface area (Å²) >= 11 is 3.44. The van der Waals surface area contributed by atoms with Crippen molar-refractivity contribution in [3.8, 4) is 0 Å². The molecule has 1 aromatic rings. The first-order chi connectivity index (χ1) is 9.24. The molecule has 0 radical (unpaired) electrons. The third-order valence-electron chi connectivity index (χ3n) is 3.32. The molecule has 0 aliphatic carbocycles. The molecule has 0 bridgehead atoms. The summed E-state index contributed by atoms with van der Waals surface area (Å²) in [6.45, 7) is 2.78. The molecule has 5 heteroatoms. The van der Waals surface area contributed by atoms with Gasteiger partial charge in [-0.15, -0.1) is 0 Å². The van der Waals surface area contributed by atoms with Crippen molar-refractivity contribution in [2.45, 2.75) is 12.5 Å². The van der Waals surface area contributed by atoms with E-state index < -0.39 is 0 Å². The fourth-order valence-electron chi connectivity index (χ4n) is 2.26. The third kappa shape index (κ3) is 3.55. The lowest BCUT2D eigenvalue weighted by atomic mass is 10.1. The Bertz CT molecular complexity index is 439. The minimum atomic E-state index is 0.0804. The Morgan fingerprint density at radius 2 is 2.32 bits per heavy atom. The number of morpholine rings is 1. The molecule has 104 valence electrons. The fraction of sp³-hybridized carbons (Fsp3) is 0.500. The van der Waals surface area contributed by atoms with Gasteiger partial charge in [0.05, 0.1) is 24.8 Å². The maximum atomic E-state index is 12.6. The van der Waals surface area contributed by atoms with Crippen LogP contribution in [0.2, 0.25) is 0 Å². The lowest BCUT2D eigenvalue weighted by Gasteiger charge is -2.36. The van der Waals surface area contributed by atoms with Crippen molar-refractivity contribution in [1.29, 1.82) is 0 Å². The van der Waals surface area contributed by atoms with Crippen LogP contribution in [0, 0.1) is 0 Å². The number of halogens is 1. The van der Waals surface area contributed by atoms with Gasteiger partial charge in [-0.25, -0.2) is 0 Å². The van der Waals surface area contributed by atoms with E-state index in [4.69, 9.17) is 4.74 Å². The summed E-state index contributed by atoms with van der Waals surface area (Å²) in [6, 6.07) is 7.72. The summed E-state index contributed by atoms with van der Waals surface area (Å²) in [4.78, 5) is 14.5. The molecule has 0 saturated carbocycles. The van der Waals surface area contributed by atoms with Crippen molar-refractivity contribution in [2.24, 2.45) is 0 Å². The number of amides is 1. The highest BCUT2D eigenvalue weighted by Gasteiger charge is 2.28. The molecule has 1 atom stereocenters. The van der Waals surface area contributed by atoms with Crippen LogP contribution in [0.3, 0.4) is 0 Å². The van der Waals surface area contributed by atoms with Crippen LogP contribution in [0.4, 0.5) is 0 Å². The Morgan fingerprint density at radius 3 is 3.05 bits per heavy atom. The van der Waals surface area contributed by atoms with Gasteiger partial charge in [0.25, 0.3) is 5.91 Å². The van der Waals surface area contributed by atoms with Gasteiger partial charge in [0.2, 0.25) is 0 Å². The molecule has 1 aliphatic heterocycles. The van der Waals surface area contributed by atoms with Gasteiger partial charge >= 0.3 is 0 Å². The standard InChI is InChI=1S/C14H19BrN2O2/c1-16-7-6-11-10-19-9-8-17(11)14(18)12-4-2-3-5-13(12)15/h2-5,11,16H,6-10H2,1H3. The monoisotopic (exact) mass is 326 g/mol. The molecule has 1 N–H and O–H groups in total. The Balaban J connectivity index is 2.13. The number of nitrogens with zero attached hydrogens (tertiary/aromatic N) is 1. The summed E-state index contributed by atoms with van der Waals surface area (Å²) < 4.78 is 6.34. The Morgan fingerprint density at radius 1 is 1.53 bits per heavy atom. The van der Waals surface area contributed by atoms with E-state index in [0.717, 1.165) is 23.0 Å². The van der Waals surface area contributed by atoms with Crippen molar-refractivity contribution < 1.29 is 9.53 Å². The Hall–Kier alpha value is -0.910. The van der Waals surface area contributed by atoms with Crippen LogP contribution in [0.25, 0.3) is 0 Å². The fourth-order valence-corrected chi connectivity index (χ4v) is 2.72. The molecule has 2 rings (SSSR count). The number of ether oxygens (including phenoxy) is 1. The third-order valence-corrected chi connectivity index (χ3v) is 4.01. The second kappa shape index (κ2) is 7.03. The lowest BCUT2D eigenvalue weighted by Crippen LogP contribution is -2.49. The van der Waals surface area contributed by atoms with Crippen LogP contribution in [-0.2, 0) is 4.74 Å². The van der Waals surface area contributed by atoms with E-state index >= 15 is 0 Å². The smallest absolute Gasteiger partial charge is 0.255 e. The van der Waals surface area contributed by atoms with Crippen LogP contribution in [0.15, 0.2) is 28.7 Å². The van der Waals surface area contributed by atoms with Crippen molar-refractivity contribution in [3.63, 3.8) is 0 Å². The van der Waals surface area contributed by atoms with E-state index in [9.17, 15) is 4.79 Å². The molecule has 1 heterocycles. The summed E-state index contributed by atoms with van der Waals surface area (Å²) in [7, 11) is 1.92. The van der Waals surface area contributed by atoms with Crippen LogP contribution in [0.1, 0.15) is 16.8 Å². The zero-order valence-electron chi connectivity index (χ0n) is 11.1. The van der Waals surface area contributed by atoms with E-state index in [2.05, 4.69) is 21.2 Å². The molecule has 4 nitrogen and oxygen atoms in total. The summed E-state index contributed by atoms with van der Waals surface area (Å²) in [5.41, 5.74) is 0.721. The van der Waals surface area contributed by atoms with E-state index in [1.54, 1.807) is 0 Å². The normalized spacial score (nSPS) is 19.5. The van der Waals surface area contributed by atoms with Gasteiger partial charge in [-0.05, 0) is 48.1 Å². The zero-order chi connectivity index (χ0) is 13.7. The molecule has 1 fully saturated rings. The maximum absolute atomic E-state index is 12.6. The predicted octanol–water partition coefficient (Wildman–Crippen LogP) is 1.90. The summed E-state index contributed by atoms with van der Waals surface area (Å²) in [5.74, 6) is 0.0804. The topological polar surface area (TPSA) is 41.6 Å². The van der Waals surface area contributed by atoms with Gasteiger partial charge in [0.15, 0.2) is 0 Å². The number of hydrogen-bond acceptors (Lipinski definition) is 3. The molecular formula is C14H19BrN2O2. The molecule has 1 aliphatic rings. The molecule has 1 unspecified atom stereocenters. The highest BCUT2D eigenvalue weighted by atomic mass is 79.9. The predicted molar refractivity (Wildman–Crippen MR) is 78.3 cm³/mol. The Labute approximate surface area is 122 Å². The quantitative estimate of drug-likeness (QED) is 0.918. The molecule has 1 saturated heterocycles. The number of nitrogens with one attached hydrogen (secondary N) is 1. The first-order valence-electron chi connectivity index (χ1n) is 6.52. The van der Waals surface area contributed by atoms with Gasteiger partial charge in [-0.3, -0.25) is 4.79 Å². The molecule has 1 amide bonds. The molecule has 1 aromatic carbocycles. The van der Waals surface area contributed by atoms with E-state index in [1.165, 1.54) is 0 Å². The minimum absolute atomic E-state index is 0.0804. The van der Waals surface area contributed by atoms with Crippen molar-refractivity contribution >= 4 is 21.8 Å². The largest absolute Gasteiger partial charge is 0.377 e. The van der Waals surface area contributed by atoms with Crippen LogP contribution in [0.5, 0.6) is 0 Å². The summed E-state index contributed by atoms with van der Waals surface area (Å²) in [6.07, 6.45) is 0.909. The SMILES string of the molecule is CNCCC1COCCN1C(=O)c1ccccc1Br. The van der Waals surface area contributed by atoms with Crippen molar-refractivity contribution in [3.05, 3.63) is 34.3 Å². The average molecular weight is 327 g/mol. The van der Waals surface area contributed by atoms with Gasteiger partial charge in [0.1, 0.15) is 0 Å². The molecule has 19 heavy (non-hydrogen) atoms. The summed E-state index contributed by atoms with van der Waals surface area (Å²) in [5, 5.41) is 3.12. The van der Waals surface area contributed by atoms with Crippen molar-refractivity contribution in [2.75, 3.05) is 33.4 Å². The second-order valence-electron chi connectivity index (χ2n) is 4.60. The molecule has 0 spiro atoms. The number of rotatable bonds is 4. The minimum Gasteiger partial charge on any atom is -0.377 e. The lowest BCUT2D eigenvalue weighted by molar-refractivity contribution is -0.00393. The first-order valence-corrected chi connectivity index (χ1v) is 7.31. The highest BCUT2D eigenvalue weighted by molar-refractivity contribution is 9.10. The van der Waals surface area contributed by atoms with Crippen molar-refractivity contribution in [1.82, 2.24) is 10.2 Å². The second-order valence-corrected chi connectivity index (χ2v) is 5.45. The first kappa shape index (κ1) is 14.5. The van der Waals surface area contributed by atoms with Crippen LogP contribution in [-0.4, -0.2) is 50.2 Å². The highest BCUT2D eigenvalue weighted by Crippen LogP contribution is 2.21. The van der Waals surface area contributed by atoms with E-state index in [1.807, 2.05) is 36.2 Å².